The molecule has 8 nitrogen and oxygen atoms in total. The standard InChI is InChI=1S/C21H32F3N5O3/c1-5-15(28-25-2)16(29(3)20(30)31-4)11-32-13-6-7-21(9-12(21)8-13)19-26-10-14(22)17(27-19)18(23)24/h10,12-13,15-16,18,25,28H,5-9,11H2,1-4H3. The molecule has 2 N–H and O–H groups in total. The van der Waals surface area contributed by atoms with E-state index in [1.165, 1.54) is 12.0 Å². The predicted octanol–water partition coefficient (Wildman–Crippen LogP) is 2.95. The SMILES string of the molecule is CCC(NNC)C(COC1CCC2(c3ncc(F)c(C(F)F)n3)CC2C1)N(C)C(=O)OC. The summed E-state index contributed by atoms with van der Waals surface area (Å²) in [5.74, 6) is -0.549. The number of likely N-dealkylation sites (N-methyl/N-ethyl adjacent to an activating group) is 1. The van der Waals surface area contributed by atoms with Crippen molar-refractivity contribution in [3.05, 3.63) is 23.5 Å². The number of hydrogen-bond acceptors (Lipinski definition) is 7. The first-order valence-electron chi connectivity index (χ1n) is 10.9. The highest BCUT2D eigenvalue weighted by atomic mass is 19.3. The summed E-state index contributed by atoms with van der Waals surface area (Å²) in [5, 5.41) is 0. The summed E-state index contributed by atoms with van der Waals surface area (Å²) in [6, 6.07) is -0.298. The van der Waals surface area contributed by atoms with E-state index in [4.69, 9.17) is 9.47 Å². The molecule has 0 bridgehead atoms. The molecule has 0 radical (unpaired) electrons. The van der Waals surface area contributed by atoms with Gasteiger partial charge in [0.25, 0.3) is 6.43 Å². The third-order valence-electron chi connectivity index (χ3n) is 6.81. The summed E-state index contributed by atoms with van der Waals surface area (Å²) in [6.07, 6.45) is 1.12. The van der Waals surface area contributed by atoms with Crippen LogP contribution in [0, 0.1) is 11.7 Å². The highest BCUT2D eigenvalue weighted by Gasteiger charge is 2.60. The molecule has 0 aromatic carbocycles. The van der Waals surface area contributed by atoms with Gasteiger partial charge in [0, 0.05) is 18.5 Å². The molecule has 2 saturated carbocycles. The first kappa shape index (κ1) is 24.7. The van der Waals surface area contributed by atoms with Crippen LogP contribution in [-0.2, 0) is 14.9 Å². The minimum absolute atomic E-state index is 0.0220. The lowest BCUT2D eigenvalue weighted by Gasteiger charge is -2.35. The van der Waals surface area contributed by atoms with E-state index in [1.54, 1.807) is 14.1 Å². The summed E-state index contributed by atoms with van der Waals surface area (Å²) in [5.41, 5.74) is 4.89. The third-order valence-corrected chi connectivity index (χ3v) is 6.81. The van der Waals surface area contributed by atoms with Gasteiger partial charge in [-0.25, -0.2) is 27.9 Å². The number of methoxy groups -OCH3 is 1. The maximum Gasteiger partial charge on any atom is 0.409 e. The second-order valence-electron chi connectivity index (χ2n) is 8.57. The second kappa shape index (κ2) is 10.3. The van der Waals surface area contributed by atoms with Gasteiger partial charge in [0.2, 0.25) is 0 Å². The van der Waals surface area contributed by atoms with Crippen molar-refractivity contribution in [3.8, 4) is 0 Å². The Balaban J connectivity index is 1.63. The highest BCUT2D eigenvalue weighted by Crippen LogP contribution is 2.61. The Labute approximate surface area is 186 Å². The minimum atomic E-state index is -2.97. The normalized spacial score (nSPS) is 26.4. The largest absolute Gasteiger partial charge is 0.453 e. The molecule has 0 aliphatic heterocycles. The number of halogens is 3. The lowest BCUT2D eigenvalue weighted by atomic mass is 9.86. The Hall–Kier alpha value is -1.98. The smallest absolute Gasteiger partial charge is 0.409 e. The number of rotatable bonds is 10. The molecule has 0 saturated heterocycles. The van der Waals surface area contributed by atoms with Crippen molar-refractivity contribution in [2.24, 2.45) is 5.92 Å². The highest BCUT2D eigenvalue weighted by molar-refractivity contribution is 5.67. The summed E-state index contributed by atoms with van der Waals surface area (Å²) in [6.45, 7) is 2.34. The number of hydrogen-bond donors (Lipinski definition) is 2. The zero-order chi connectivity index (χ0) is 23.5. The van der Waals surface area contributed by atoms with Crippen molar-refractivity contribution in [2.45, 2.75) is 69.1 Å². The molecule has 5 atom stereocenters. The van der Waals surface area contributed by atoms with Crippen LogP contribution in [-0.4, -0.2) is 67.0 Å². The lowest BCUT2D eigenvalue weighted by molar-refractivity contribution is -0.0165. The molecule has 1 aromatic rings. The van der Waals surface area contributed by atoms with Gasteiger partial charge in [0.05, 0.1) is 32.1 Å². The Morgan fingerprint density at radius 2 is 2.19 bits per heavy atom. The van der Waals surface area contributed by atoms with E-state index in [9.17, 15) is 18.0 Å². The average Bonchev–Trinajstić information content (AvgIpc) is 3.52. The number of carbonyl (C=O) groups excluding carboxylic acids is 1. The first-order valence-corrected chi connectivity index (χ1v) is 10.9. The van der Waals surface area contributed by atoms with Crippen LogP contribution in [0.3, 0.4) is 0 Å². The summed E-state index contributed by atoms with van der Waals surface area (Å²) < 4.78 is 50.8. The van der Waals surface area contributed by atoms with Crippen LogP contribution in [0.1, 0.15) is 57.0 Å². The number of fused-ring (bicyclic) bond motifs is 1. The van der Waals surface area contributed by atoms with Crippen LogP contribution < -0.4 is 10.9 Å². The molecule has 0 spiro atoms. The van der Waals surface area contributed by atoms with Gasteiger partial charge in [-0.2, -0.15) is 0 Å². The molecule has 11 heteroatoms. The van der Waals surface area contributed by atoms with Crippen molar-refractivity contribution in [1.29, 1.82) is 0 Å². The molecule has 1 heterocycles. The number of amides is 1. The molecular formula is C21H32F3N5O3. The van der Waals surface area contributed by atoms with E-state index in [-0.39, 0.29) is 29.5 Å². The van der Waals surface area contributed by atoms with Crippen LogP contribution in [0.25, 0.3) is 0 Å². The molecule has 5 unspecified atom stereocenters. The lowest BCUT2D eigenvalue weighted by Crippen LogP contribution is -2.55. The zero-order valence-corrected chi connectivity index (χ0v) is 18.9. The molecule has 1 aromatic heterocycles. The van der Waals surface area contributed by atoms with E-state index in [1.807, 2.05) is 6.92 Å². The zero-order valence-electron chi connectivity index (χ0n) is 18.9. The number of aromatic nitrogens is 2. The monoisotopic (exact) mass is 459 g/mol. The summed E-state index contributed by atoms with van der Waals surface area (Å²) >= 11 is 0. The number of ether oxygens (including phenoxy) is 2. The fourth-order valence-corrected chi connectivity index (χ4v) is 4.83. The van der Waals surface area contributed by atoms with Gasteiger partial charge in [0.15, 0.2) is 5.82 Å². The molecule has 2 aliphatic rings. The Morgan fingerprint density at radius 3 is 2.78 bits per heavy atom. The Kier molecular flexibility index (Phi) is 7.94. The number of hydrazine groups is 1. The maximum atomic E-state index is 13.6. The minimum Gasteiger partial charge on any atom is -0.453 e. The topological polar surface area (TPSA) is 88.6 Å². The Morgan fingerprint density at radius 1 is 1.44 bits per heavy atom. The fourth-order valence-electron chi connectivity index (χ4n) is 4.83. The van der Waals surface area contributed by atoms with Gasteiger partial charge in [-0.3, -0.25) is 10.9 Å². The molecule has 3 rings (SSSR count). The van der Waals surface area contributed by atoms with Crippen LogP contribution in [0.4, 0.5) is 18.0 Å². The first-order chi connectivity index (χ1) is 15.3. The number of nitrogens with one attached hydrogen (secondary N) is 2. The molecule has 2 aliphatic carbocycles. The van der Waals surface area contributed by atoms with Crippen molar-refractivity contribution in [2.75, 3.05) is 27.8 Å². The third kappa shape index (κ3) is 4.99. The summed E-state index contributed by atoms with van der Waals surface area (Å²) in [4.78, 5) is 21.5. The Bertz CT molecular complexity index is 802. The van der Waals surface area contributed by atoms with Crippen LogP contribution in [0.2, 0.25) is 0 Å². The van der Waals surface area contributed by atoms with E-state index < -0.39 is 24.0 Å². The van der Waals surface area contributed by atoms with Gasteiger partial charge in [-0.1, -0.05) is 6.92 Å². The maximum absolute atomic E-state index is 13.6. The molecule has 1 amide bonds. The average molecular weight is 460 g/mol. The van der Waals surface area contributed by atoms with Crippen LogP contribution >= 0.6 is 0 Å². The van der Waals surface area contributed by atoms with Gasteiger partial charge < -0.3 is 14.4 Å². The molecular weight excluding hydrogens is 427 g/mol. The number of nitrogens with zero attached hydrogens (tertiary/aromatic N) is 3. The van der Waals surface area contributed by atoms with Crippen LogP contribution in [0.15, 0.2) is 6.20 Å². The van der Waals surface area contributed by atoms with E-state index in [0.29, 0.717) is 25.3 Å². The summed E-state index contributed by atoms with van der Waals surface area (Å²) in [7, 11) is 4.79. The quantitative estimate of drug-likeness (QED) is 0.520. The number of carbonyl (C=O) groups is 1. The molecule has 2 fully saturated rings. The molecule has 32 heavy (non-hydrogen) atoms. The van der Waals surface area contributed by atoms with E-state index in [0.717, 1.165) is 25.5 Å². The van der Waals surface area contributed by atoms with Crippen LogP contribution in [0.5, 0.6) is 0 Å². The van der Waals surface area contributed by atoms with E-state index in [2.05, 4.69) is 20.8 Å². The van der Waals surface area contributed by atoms with Gasteiger partial charge >= 0.3 is 6.09 Å². The number of alkyl halides is 2. The van der Waals surface area contributed by atoms with Crippen molar-refractivity contribution < 1.29 is 27.4 Å². The van der Waals surface area contributed by atoms with Gasteiger partial charge in [-0.05, 0) is 45.1 Å². The van der Waals surface area contributed by atoms with Crippen molar-refractivity contribution in [3.63, 3.8) is 0 Å². The van der Waals surface area contributed by atoms with Crippen molar-refractivity contribution >= 4 is 6.09 Å². The fraction of sp³-hybridized carbons (Fsp3) is 0.762. The second-order valence-corrected chi connectivity index (χ2v) is 8.57. The van der Waals surface area contributed by atoms with Gasteiger partial charge in [-0.15, -0.1) is 0 Å². The van der Waals surface area contributed by atoms with Crippen molar-refractivity contribution in [1.82, 2.24) is 25.7 Å². The van der Waals surface area contributed by atoms with Gasteiger partial charge in [0.1, 0.15) is 11.5 Å². The predicted molar refractivity (Wildman–Crippen MR) is 111 cm³/mol. The molecule has 180 valence electrons. The van der Waals surface area contributed by atoms with E-state index >= 15 is 0 Å².